The van der Waals surface area contributed by atoms with Crippen LogP contribution in [0.3, 0.4) is 0 Å². The molecule has 0 saturated heterocycles. The molecule has 0 aromatic heterocycles. The molecule has 2 aromatic rings. The van der Waals surface area contributed by atoms with E-state index in [0.29, 0.717) is 12.2 Å². The average Bonchev–Trinajstić information content (AvgIpc) is 2.63. The molecule has 0 aliphatic heterocycles. The lowest BCUT2D eigenvalue weighted by Gasteiger charge is -2.25. The fourth-order valence-corrected chi connectivity index (χ4v) is 4.36. The molecule has 0 spiro atoms. The van der Waals surface area contributed by atoms with Crippen LogP contribution in [-0.4, -0.2) is 53.0 Å². The second kappa shape index (κ2) is 9.71. The molecule has 0 unspecified atom stereocenters. The van der Waals surface area contributed by atoms with Crippen LogP contribution in [0.1, 0.15) is 17.5 Å². The number of hydrogen-bond acceptors (Lipinski definition) is 4. The third-order valence-electron chi connectivity index (χ3n) is 4.22. The molecular formula is C21H29N3O3S. The molecule has 0 aliphatic carbocycles. The minimum atomic E-state index is -3.86. The summed E-state index contributed by atoms with van der Waals surface area (Å²) in [5.41, 5.74) is 2.37. The van der Waals surface area contributed by atoms with Crippen molar-refractivity contribution in [2.45, 2.75) is 25.2 Å². The molecule has 1 amide bonds. The van der Waals surface area contributed by atoms with Crippen LogP contribution in [0.15, 0.2) is 53.4 Å². The summed E-state index contributed by atoms with van der Waals surface area (Å²) in [5.74, 6) is -0.322. The lowest BCUT2D eigenvalue weighted by atomic mass is 10.1. The van der Waals surface area contributed by atoms with Gasteiger partial charge in [0.05, 0.1) is 10.6 Å². The molecule has 152 valence electrons. The monoisotopic (exact) mass is 403 g/mol. The van der Waals surface area contributed by atoms with E-state index in [1.807, 2.05) is 38.9 Å². The van der Waals surface area contributed by atoms with E-state index in [-0.39, 0.29) is 17.3 Å². The Morgan fingerprint density at radius 2 is 1.61 bits per heavy atom. The maximum atomic E-state index is 13.2. The Balaban J connectivity index is 2.28. The number of carbonyl (C=O) groups is 1. The lowest BCUT2D eigenvalue weighted by Crippen LogP contribution is -2.41. The van der Waals surface area contributed by atoms with Crippen molar-refractivity contribution in [1.82, 2.24) is 10.2 Å². The maximum absolute atomic E-state index is 13.2. The molecular weight excluding hydrogens is 374 g/mol. The van der Waals surface area contributed by atoms with Gasteiger partial charge in [0.25, 0.3) is 10.0 Å². The minimum Gasteiger partial charge on any atom is -0.354 e. The first kappa shape index (κ1) is 21.9. The number of amides is 1. The highest BCUT2D eigenvalue weighted by Crippen LogP contribution is 2.25. The van der Waals surface area contributed by atoms with Crippen molar-refractivity contribution in [1.29, 1.82) is 0 Å². The molecule has 7 heteroatoms. The Kier molecular flexibility index (Phi) is 7.60. The highest BCUT2D eigenvalue weighted by Gasteiger charge is 2.27. The highest BCUT2D eigenvalue weighted by atomic mass is 32.2. The number of nitrogens with zero attached hydrogens (tertiary/aromatic N) is 2. The van der Waals surface area contributed by atoms with E-state index in [1.165, 1.54) is 4.31 Å². The predicted octanol–water partition coefficient (Wildman–Crippen LogP) is 2.57. The molecule has 0 atom stereocenters. The van der Waals surface area contributed by atoms with Crippen molar-refractivity contribution in [3.63, 3.8) is 0 Å². The summed E-state index contributed by atoms with van der Waals surface area (Å²) in [5, 5.41) is 2.82. The maximum Gasteiger partial charge on any atom is 0.264 e. The van der Waals surface area contributed by atoms with Gasteiger partial charge in [0.1, 0.15) is 6.54 Å². The van der Waals surface area contributed by atoms with Gasteiger partial charge in [0, 0.05) is 6.54 Å². The summed E-state index contributed by atoms with van der Waals surface area (Å²) in [4.78, 5) is 14.7. The summed E-state index contributed by atoms with van der Waals surface area (Å²) >= 11 is 0. The second-order valence-corrected chi connectivity index (χ2v) is 9.04. The van der Waals surface area contributed by atoms with E-state index in [2.05, 4.69) is 5.32 Å². The Bertz CT molecular complexity index is 876. The number of hydrogen-bond donors (Lipinski definition) is 1. The number of anilines is 1. The van der Waals surface area contributed by atoms with E-state index in [4.69, 9.17) is 0 Å². The standard InChI is InChI=1S/C21H29N3O3S/c1-17-13-18(2)15-19(14-17)24(16-21(25)22-11-8-12-23(3)4)28(26,27)20-9-6-5-7-10-20/h5-7,9-10,13-15H,8,11-12,16H2,1-4H3,(H,22,25). The molecule has 0 radical (unpaired) electrons. The van der Waals surface area contributed by atoms with Crippen LogP contribution < -0.4 is 9.62 Å². The van der Waals surface area contributed by atoms with Crippen LogP contribution >= 0.6 is 0 Å². The summed E-state index contributed by atoms with van der Waals surface area (Å²) in [6.45, 7) is 4.91. The molecule has 1 N–H and O–H groups in total. The van der Waals surface area contributed by atoms with Gasteiger partial charge in [-0.1, -0.05) is 24.3 Å². The first-order valence-electron chi connectivity index (χ1n) is 9.27. The van der Waals surface area contributed by atoms with Crippen molar-refractivity contribution in [2.24, 2.45) is 0 Å². The van der Waals surface area contributed by atoms with Crippen LogP contribution in [0.25, 0.3) is 0 Å². The number of aryl methyl sites for hydroxylation is 2. The number of rotatable bonds is 9. The number of benzene rings is 2. The zero-order chi connectivity index (χ0) is 20.7. The van der Waals surface area contributed by atoms with Crippen molar-refractivity contribution in [2.75, 3.05) is 38.0 Å². The number of nitrogens with one attached hydrogen (secondary N) is 1. The van der Waals surface area contributed by atoms with Crippen molar-refractivity contribution >= 4 is 21.6 Å². The Morgan fingerprint density at radius 3 is 2.18 bits per heavy atom. The molecule has 2 rings (SSSR count). The third kappa shape index (κ3) is 6.07. The van der Waals surface area contributed by atoms with E-state index in [0.717, 1.165) is 24.1 Å². The van der Waals surface area contributed by atoms with Crippen LogP contribution in [-0.2, 0) is 14.8 Å². The normalized spacial score (nSPS) is 11.5. The summed E-state index contributed by atoms with van der Waals surface area (Å²) in [6.07, 6.45) is 0.799. The molecule has 0 fully saturated rings. The van der Waals surface area contributed by atoms with E-state index in [1.54, 1.807) is 42.5 Å². The second-order valence-electron chi connectivity index (χ2n) is 7.18. The highest BCUT2D eigenvalue weighted by molar-refractivity contribution is 7.92. The molecule has 0 aliphatic rings. The fourth-order valence-electron chi connectivity index (χ4n) is 2.94. The zero-order valence-electron chi connectivity index (χ0n) is 17.0. The van der Waals surface area contributed by atoms with Crippen LogP contribution in [0.5, 0.6) is 0 Å². The minimum absolute atomic E-state index is 0.162. The molecule has 6 nitrogen and oxygen atoms in total. The number of sulfonamides is 1. The smallest absolute Gasteiger partial charge is 0.264 e. The van der Waals surface area contributed by atoms with Crippen molar-refractivity contribution in [3.05, 3.63) is 59.7 Å². The first-order chi connectivity index (χ1) is 13.2. The van der Waals surface area contributed by atoms with Gasteiger partial charge in [-0.2, -0.15) is 0 Å². The van der Waals surface area contributed by atoms with Gasteiger partial charge in [0.15, 0.2) is 0 Å². The Labute approximate surface area is 168 Å². The number of carbonyl (C=O) groups excluding carboxylic acids is 1. The van der Waals surface area contributed by atoms with Crippen LogP contribution in [0, 0.1) is 13.8 Å². The fraction of sp³-hybridized carbons (Fsp3) is 0.381. The first-order valence-corrected chi connectivity index (χ1v) is 10.7. The largest absolute Gasteiger partial charge is 0.354 e. The van der Waals surface area contributed by atoms with E-state index >= 15 is 0 Å². The van der Waals surface area contributed by atoms with Gasteiger partial charge in [-0.15, -0.1) is 0 Å². The van der Waals surface area contributed by atoms with Gasteiger partial charge in [-0.05, 0) is 76.3 Å². The Morgan fingerprint density at radius 1 is 1.00 bits per heavy atom. The zero-order valence-corrected chi connectivity index (χ0v) is 17.8. The SMILES string of the molecule is Cc1cc(C)cc(N(CC(=O)NCCCN(C)C)S(=O)(=O)c2ccccc2)c1. The summed E-state index contributed by atoms with van der Waals surface area (Å²) in [6, 6.07) is 13.7. The molecule has 0 saturated carbocycles. The van der Waals surface area contributed by atoms with E-state index in [9.17, 15) is 13.2 Å². The van der Waals surface area contributed by atoms with Gasteiger partial charge in [-0.3, -0.25) is 9.10 Å². The van der Waals surface area contributed by atoms with Gasteiger partial charge >= 0.3 is 0 Å². The third-order valence-corrected chi connectivity index (χ3v) is 6.01. The van der Waals surface area contributed by atoms with Gasteiger partial charge in [-0.25, -0.2) is 8.42 Å². The quantitative estimate of drug-likeness (QED) is 0.654. The van der Waals surface area contributed by atoms with Crippen LogP contribution in [0.2, 0.25) is 0 Å². The lowest BCUT2D eigenvalue weighted by molar-refractivity contribution is -0.119. The molecule has 28 heavy (non-hydrogen) atoms. The summed E-state index contributed by atoms with van der Waals surface area (Å²) < 4.78 is 27.7. The van der Waals surface area contributed by atoms with E-state index < -0.39 is 10.0 Å². The van der Waals surface area contributed by atoms with Crippen LogP contribution in [0.4, 0.5) is 5.69 Å². The topological polar surface area (TPSA) is 69.7 Å². The molecule has 2 aromatic carbocycles. The average molecular weight is 404 g/mol. The molecule has 0 heterocycles. The molecule has 0 bridgehead atoms. The Hall–Kier alpha value is -2.38. The van der Waals surface area contributed by atoms with Gasteiger partial charge < -0.3 is 10.2 Å². The van der Waals surface area contributed by atoms with Gasteiger partial charge in [0.2, 0.25) is 5.91 Å². The van der Waals surface area contributed by atoms with Crippen molar-refractivity contribution in [3.8, 4) is 0 Å². The summed E-state index contributed by atoms with van der Waals surface area (Å²) in [7, 11) is 0.0742. The van der Waals surface area contributed by atoms with Crippen molar-refractivity contribution < 1.29 is 13.2 Å². The predicted molar refractivity (Wildman–Crippen MR) is 113 cm³/mol.